The molecule has 152 valence electrons. The van der Waals surface area contributed by atoms with E-state index in [4.69, 9.17) is 0 Å². The molecule has 0 N–H and O–H groups in total. The van der Waals surface area contributed by atoms with Crippen molar-refractivity contribution in [1.82, 2.24) is 0 Å². The van der Waals surface area contributed by atoms with Gasteiger partial charge in [0.15, 0.2) is 0 Å². The van der Waals surface area contributed by atoms with E-state index in [0.717, 1.165) is 0 Å². The molecule has 0 fully saturated rings. The van der Waals surface area contributed by atoms with Gasteiger partial charge in [-0.1, -0.05) is 0 Å². The molecular weight excluding hydrogens is 493 g/mol. The Labute approximate surface area is 198 Å². The maximum atomic E-state index is 2.43. The molecule has 0 saturated heterocycles. The minimum atomic E-state index is -2.15. The zero-order valence-corrected chi connectivity index (χ0v) is 24.1. The van der Waals surface area contributed by atoms with E-state index in [1.54, 1.807) is 17.7 Å². The molecule has 0 bridgehead atoms. The fourth-order valence-electron chi connectivity index (χ4n) is 4.95. The van der Waals surface area contributed by atoms with Gasteiger partial charge in [0, 0.05) is 0 Å². The first-order valence-electron chi connectivity index (χ1n) is 11.9. The molecule has 0 nitrogen and oxygen atoms in total. The second kappa shape index (κ2) is 12.7. The van der Waals surface area contributed by atoms with E-state index in [-0.39, 0.29) is 23.2 Å². The van der Waals surface area contributed by atoms with Crippen LogP contribution < -0.4 is 0 Å². The SMILES string of the molecule is C1=CC[C]([Zr][C]2=CC=CC2)=C1.C[CH2][Zn]([CH2]C)([CH2]c1ccccc1)[CH2]c1ccccc1. The zero-order valence-electron chi connectivity index (χ0n) is 18.7. The van der Waals surface area contributed by atoms with Crippen molar-refractivity contribution in [1.29, 1.82) is 0 Å². The molecule has 30 heavy (non-hydrogen) atoms. The van der Waals surface area contributed by atoms with E-state index in [1.165, 1.54) is 32.9 Å². The molecule has 2 heteroatoms. The van der Waals surface area contributed by atoms with Gasteiger partial charge in [-0.2, -0.15) is 0 Å². The van der Waals surface area contributed by atoms with Gasteiger partial charge < -0.3 is 0 Å². The van der Waals surface area contributed by atoms with Crippen LogP contribution in [0.25, 0.3) is 0 Å². The molecule has 0 heterocycles. The van der Waals surface area contributed by atoms with Crippen molar-refractivity contribution in [3.05, 3.63) is 115 Å². The third-order valence-electron chi connectivity index (χ3n) is 7.31. The van der Waals surface area contributed by atoms with Crippen LogP contribution in [0.4, 0.5) is 0 Å². The average Bonchev–Trinajstić information content (AvgIpc) is 3.50. The Balaban J connectivity index is 0.000000196. The van der Waals surface area contributed by atoms with Crippen molar-refractivity contribution in [3.63, 3.8) is 0 Å². The first-order valence-corrected chi connectivity index (χ1v) is 22.7. The van der Waals surface area contributed by atoms with E-state index in [9.17, 15) is 0 Å². The second-order valence-corrected chi connectivity index (χ2v) is 28.3. The molecule has 0 aliphatic heterocycles. The van der Waals surface area contributed by atoms with Crippen molar-refractivity contribution in [3.8, 4) is 0 Å². The molecule has 0 radical (unpaired) electrons. The van der Waals surface area contributed by atoms with E-state index in [2.05, 4.69) is 111 Å². The number of allylic oxidation sites excluding steroid dienone is 8. The Bertz CT molecular complexity index is 815. The molecule has 0 atom stereocenters. The maximum absolute atomic E-state index is 2.43. The summed E-state index contributed by atoms with van der Waals surface area (Å²) in [6, 6.07) is 22.2. The summed E-state index contributed by atoms with van der Waals surface area (Å²) in [5, 5.41) is 5.69. The van der Waals surface area contributed by atoms with E-state index in [1.807, 2.05) is 0 Å². The van der Waals surface area contributed by atoms with Crippen LogP contribution in [0.5, 0.6) is 0 Å². The van der Waals surface area contributed by atoms with Gasteiger partial charge in [-0.15, -0.1) is 0 Å². The predicted molar refractivity (Wildman–Crippen MR) is 125 cm³/mol. The van der Waals surface area contributed by atoms with Crippen LogP contribution in [0, 0.1) is 0 Å². The van der Waals surface area contributed by atoms with Gasteiger partial charge in [0.05, 0.1) is 0 Å². The molecule has 0 unspecified atom stereocenters. The summed E-state index contributed by atoms with van der Waals surface area (Å²) in [6.07, 6.45) is 16.0. The summed E-state index contributed by atoms with van der Waals surface area (Å²) < 4.78 is 3.45. The normalized spacial score (nSPS) is 14.2. The molecule has 2 aromatic carbocycles. The van der Waals surface area contributed by atoms with Crippen LogP contribution in [0.3, 0.4) is 0 Å². The molecule has 0 aromatic heterocycles. The Kier molecular flexibility index (Phi) is 9.97. The van der Waals surface area contributed by atoms with Crippen LogP contribution in [-0.4, -0.2) is 0 Å². The second-order valence-electron chi connectivity index (χ2n) is 9.37. The van der Waals surface area contributed by atoms with Crippen LogP contribution in [0.2, 0.25) is 10.0 Å². The quantitative estimate of drug-likeness (QED) is 0.304. The van der Waals surface area contributed by atoms with Crippen LogP contribution in [-0.2, 0) is 48.0 Å². The van der Waals surface area contributed by atoms with Crippen molar-refractivity contribution in [2.45, 2.75) is 46.7 Å². The summed E-state index contributed by atoms with van der Waals surface area (Å²) in [5.41, 5.74) is 3.12. The topological polar surface area (TPSA) is 0 Å². The van der Waals surface area contributed by atoms with Gasteiger partial charge in [-0.3, -0.25) is 0 Å². The van der Waals surface area contributed by atoms with E-state index in [0.29, 0.717) is 0 Å². The Morgan fingerprint density at radius 1 is 0.667 bits per heavy atom. The summed E-state index contributed by atoms with van der Waals surface area (Å²) in [7, 11) is 0. The van der Waals surface area contributed by atoms with Gasteiger partial charge in [0.25, 0.3) is 0 Å². The predicted octanol–water partition coefficient (Wildman–Crippen LogP) is 8.17. The fourth-order valence-corrected chi connectivity index (χ4v) is 19.3. The van der Waals surface area contributed by atoms with Gasteiger partial charge in [-0.25, -0.2) is 0 Å². The van der Waals surface area contributed by atoms with Gasteiger partial charge in [-0.05, 0) is 0 Å². The number of hydrogen-bond donors (Lipinski definition) is 0. The summed E-state index contributed by atoms with van der Waals surface area (Å²) in [5.74, 6) is 0. The first-order chi connectivity index (χ1) is 14.7. The Hall–Kier alpha value is -1.09. The number of benzene rings is 2. The summed E-state index contributed by atoms with van der Waals surface area (Å²) in [4.78, 5) is 0. The summed E-state index contributed by atoms with van der Waals surface area (Å²) in [6.45, 7) is 4.85. The van der Waals surface area contributed by atoms with E-state index >= 15 is 0 Å². The molecule has 2 aliphatic rings. The van der Waals surface area contributed by atoms with Gasteiger partial charge >= 0.3 is 200 Å². The Morgan fingerprint density at radius 2 is 1.10 bits per heavy atom. The van der Waals surface area contributed by atoms with Crippen molar-refractivity contribution >= 4 is 0 Å². The van der Waals surface area contributed by atoms with Crippen LogP contribution >= 0.6 is 0 Å². The van der Waals surface area contributed by atoms with Gasteiger partial charge in [0.2, 0.25) is 0 Å². The molecule has 0 spiro atoms. The van der Waals surface area contributed by atoms with Crippen molar-refractivity contribution in [2.24, 2.45) is 0 Å². The molecular formula is C28H34ZnZr. The van der Waals surface area contributed by atoms with Crippen molar-refractivity contribution < 1.29 is 38.0 Å². The first kappa shape index (κ1) is 23.6. The average molecular weight is 527 g/mol. The monoisotopic (exact) mass is 524 g/mol. The fraction of sp³-hybridized carbons (Fsp3) is 0.286. The summed E-state index contributed by atoms with van der Waals surface area (Å²) >= 11 is -2.47. The van der Waals surface area contributed by atoms with Crippen molar-refractivity contribution in [2.75, 3.05) is 0 Å². The van der Waals surface area contributed by atoms with E-state index < -0.39 is 14.8 Å². The molecule has 0 amide bonds. The standard InChI is InChI=1S/2C7H7.2C5H5.2C2H5.Zn.Zr/c2*1-7-5-3-2-4-6-7;2*1-2-4-5-3-1;2*1-2;;/h2*2-6H,1H2;2*1-3H,4H2;2*1H2,2H3;;. The van der Waals surface area contributed by atoms with Gasteiger partial charge in [0.1, 0.15) is 0 Å². The zero-order chi connectivity index (χ0) is 21.1. The Morgan fingerprint density at radius 3 is 1.43 bits per heavy atom. The number of hydrogen-bond acceptors (Lipinski definition) is 0. The molecule has 0 saturated carbocycles. The molecule has 4 rings (SSSR count). The third-order valence-corrected chi connectivity index (χ3v) is 26.5. The van der Waals surface area contributed by atoms with Crippen LogP contribution in [0.15, 0.2) is 104 Å². The molecule has 2 aliphatic carbocycles. The van der Waals surface area contributed by atoms with Crippen LogP contribution in [0.1, 0.15) is 37.8 Å². The number of rotatable bonds is 8. The minimum absolute atomic E-state index is 0.312. The molecule has 2 aromatic rings. The third kappa shape index (κ3) is 7.55.